The van der Waals surface area contributed by atoms with Crippen molar-refractivity contribution in [2.24, 2.45) is 0 Å². The molecule has 0 aromatic carbocycles. The Labute approximate surface area is 67.9 Å². The third kappa shape index (κ3) is 17.7. The van der Waals surface area contributed by atoms with Gasteiger partial charge in [-0.05, 0) is 13.8 Å². The van der Waals surface area contributed by atoms with E-state index < -0.39 is 0 Å². The fourth-order valence-corrected chi connectivity index (χ4v) is 0.0645. The van der Waals surface area contributed by atoms with Crippen LogP contribution in [0.4, 0.5) is 0 Å². The van der Waals surface area contributed by atoms with Crippen LogP contribution in [-0.2, 0) is 0 Å². The van der Waals surface area contributed by atoms with Crippen molar-refractivity contribution < 1.29 is 4.74 Å². The van der Waals surface area contributed by atoms with Crippen molar-refractivity contribution in [2.45, 2.75) is 20.8 Å². The summed E-state index contributed by atoms with van der Waals surface area (Å²) in [6, 6.07) is 1.98. The molecule has 0 radical (unpaired) electrons. The van der Waals surface area contributed by atoms with Crippen LogP contribution in [0.1, 0.15) is 20.8 Å². The third-order valence-electron chi connectivity index (χ3n) is 0.973. The summed E-state index contributed by atoms with van der Waals surface area (Å²) in [5.74, 6) is 0. The highest BCUT2D eigenvalue weighted by atomic mass is 16.5. The van der Waals surface area contributed by atoms with Crippen LogP contribution in [-0.4, -0.2) is 18.0 Å². The second kappa shape index (κ2) is 8.70. The van der Waals surface area contributed by atoms with E-state index in [-0.39, 0.29) is 0 Å². The average Bonchev–Trinajstić information content (AvgIpc) is 2.04. The van der Waals surface area contributed by atoms with Crippen molar-refractivity contribution in [3.05, 3.63) is 16.9 Å². The van der Waals surface area contributed by atoms with E-state index in [0.29, 0.717) is 0 Å². The van der Waals surface area contributed by atoms with Gasteiger partial charge in [0.1, 0.15) is 13.3 Å². The molecule has 0 rings (SSSR count). The van der Waals surface area contributed by atoms with Gasteiger partial charge >= 0.3 is 0 Å². The molecule has 62 valence electrons. The molecule has 0 saturated carbocycles. The quantitative estimate of drug-likeness (QED) is 0.175. The molecule has 0 aromatic rings. The molecule has 0 fully saturated rings. The Kier molecular flexibility index (Phi) is 9.79. The molecule has 3 heteroatoms. The Morgan fingerprint density at radius 2 is 1.91 bits per heavy atom. The number of hydroxylamine groups is 1. The van der Waals surface area contributed by atoms with Crippen LogP contribution in [0.25, 0.3) is 0 Å². The van der Waals surface area contributed by atoms with Crippen molar-refractivity contribution in [3.8, 4) is 6.07 Å². The molecule has 0 N–H and O–H groups in total. The van der Waals surface area contributed by atoms with Gasteiger partial charge in [-0.15, -0.1) is 0 Å². The first-order valence-electron chi connectivity index (χ1n) is 3.30. The number of hydrogen-bond donors (Lipinski definition) is 0. The maximum atomic E-state index is 9.67. The second-order valence-electron chi connectivity index (χ2n) is 1.89. The minimum absolute atomic E-state index is 0.750. The van der Waals surface area contributed by atoms with E-state index in [2.05, 4.69) is 0 Å². The molecule has 0 bridgehead atoms. The lowest BCUT2D eigenvalue weighted by molar-refractivity contribution is -0.417. The molecule has 3 nitrogen and oxygen atoms in total. The molecule has 0 aliphatic rings. The van der Waals surface area contributed by atoms with Crippen molar-refractivity contribution in [3.63, 3.8) is 0 Å². The maximum Gasteiger partial charge on any atom is 0.147 e. The van der Waals surface area contributed by atoms with Gasteiger partial charge in [-0.3, -0.25) is 0 Å². The van der Waals surface area contributed by atoms with Gasteiger partial charge in [0, 0.05) is 12.5 Å². The fourth-order valence-electron chi connectivity index (χ4n) is 0.0645. The van der Waals surface area contributed by atoms with Crippen molar-refractivity contribution >= 4 is 6.21 Å². The predicted octanol–water partition coefficient (Wildman–Crippen LogP) is 1.69. The summed E-state index contributed by atoms with van der Waals surface area (Å²) in [7, 11) is 1.44. The summed E-state index contributed by atoms with van der Waals surface area (Å²) in [4.78, 5) is 0. The van der Waals surface area contributed by atoms with Crippen LogP contribution >= 0.6 is 0 Å². The Hall–Kier alpha value is -1.30. The summed E-state index contributed by atoms with van der Waals surface area (Å²) in [5, 5.41) is 17.7. The topological polar surface area (TPSA) is 49.9 Å². The first-order valence-corrected chi connectivity index (χ1v) is 3.30. The van der Waals surface area contributed by atoms with Crippen molar-refractivity contribution in [1.82, 2.24) is 0 Å². The SMILES string of the molecule is C/C=C(\C)C#N.CC=[N+](C)[O-]. The largest absolute Gasteiger partial charge is 0.624 e. The molecule has 11 heavy (non-hydrogen) atoms. The first-order chi connectivity index (χ1) is 5.08. The van der Waals surface area contributed by atoms with Crippen LogP contribution in [0.3, 0.4) is 0 Å². The number of nitrogens with zero attached hydrogens (tertiary/aromatic N) is 2. The zero-order chi connectivity index (χ0) is 9.28. The molecule has 0 aromatic heterocycles. The number of hydrogen-bond acceptors (Lipinski definition) is 2. The van der Waals surface area contributed by atoms with E-state index in [1.807, 2.05) is 13.0 Å². The Morgan fingerprint density at radius 1 is 1.55 bits per heavy atom. The molecule has 0 atom stereocenters. The molecule has 0 amide bonds. The maximum absolute atomic E-state index is 9.67. The van der Waals surface area contributed by atoms with Crippen LogP contribution in [0, 0.1) is 16.5 Å². The Morgan fingerprint density at radius 3 is 1.91 bits per heavy atom. The monoisotopic (exact) mass is 154 g/mol. The van der Waals surface area contributed by atoms with Crippen molar-refractivity contribution in [1.29, 1.82) is 5.26 Å². The highest BCUT2D eigenvalue weighted by Gasteiger charge is 1.71. The standard InChI is InChI=1S/C5H7N.C3H7NO/c1-3-5(2)4-6;1-3-4(2)5/h3H,1-2H3;3H,1-2H3/b5-3+;. The number of nitriles is 1. The van der Waals surface area contributed by atoms with Crippen LogP contribution in [0.2, 0.25) is 0 Å². The molecule has 0 unspecified atom stereocenters. The van der Waals surface area contributed by atoms with E-state index in [9.17, 15) is 5.21 Å². The number of allylic oxidation sites excluding steroid dienone is 2. The van der Waals surface area contributed by atoms with Crippen molar-refractivity contribution in [2.75, 3.05) is 7.05 Å². The zero-order valence-corrected chi connectivity index (χ0v) is 7.46. The lowest BCUT2D eigenvalue weighted by atomic mass is 10.3. The third-order valence-corrected chi connectivity index (χ3v) is 0.973. The lowest BCUT2D eigenvalue weighted by Crippen LogP contribution is -1.89. The second-order valence-corrected chi connectivity index (χ2v) is 1.89. The van der Waals surface area contributed by atoms with Gasteiger partial charge in [-0.25, -0.2) is 4.74 Å². The van der Waals surface area contributed by atoms with Gasteiger partial charge in [-0.2, -0.15) is 5.26 Å². The van der Waals surface area contributed by atoms with E-state index in [1.54, 1.807) is 19.9 Å². The normalized spacial score (nSPS) is 11.2. The average molecular weight is 154 g/mol. The van der Waals surface area contributed by atoms with E-state index >= 15 is 0 Å². The fraction of sp³-hybridized carbons (Fsp3) is 0.500. The molecule has 0 aliphatic heterocycles. The van der Waals surface area contributed by atoms with Gasteiger partial charge < -0.3 is 5.21 Å². The molecule has 0 aliphatic carbocycles. The smallest absolute Gasteiger partial charge is 0.147 e. The predicted molar refractivity (Wildman–Crippen MR) is 46.3 cm³/mol. The molecule has 0 heterocycles. The van der Waals surface area contributed by atoms with Gasteiger partial charge in [-0.1, -0.05) is 6.08 Å². The summed E-state index contributed by atoms with van der Waals surface area (Å²) in [6.07, 6.45) is 3.22. The van der Waals surface area contributed by atoms with Gasteiger partial charge in [0.2, 0.25) is 0 Å². The highest BCUT2D eigenvalue weighted by molar-refractivity contribution is 5.46. The van der Waals surface area contributed by atoms with E-state index in [1.165, 1.54) is 13.3 Å². The highest BCUT2D eigenvalue weighted by Crippen LogP contribution is 1.83. The summed E-state index contributed by atoms with van der Waals surface area (Å²) in [5.41, 5.74) is 0.773. The van der Waals surface area contributed by atoms with E-state index in [4.69, 9.17) is 5.26 Å². The summed E-state index contributed by atoms with van der Waals surface area (Å²) in [6.45, 7) is 5.31. The molecular weight excluding hydrogens is 140 g/mol. The Balaban J connectivity index is 0. The molecular formula is C8H14N2O. The minimum atomic E-state index is 0.750. The molecule has 0 saturated heterocycles. The summed E-state index contributed by atoms with van der Waals surface area (Å²) >= 11 is 0. The number of rotatable bonds is 0. The summed E-state index contributed by atoms with van der Waals surface area (Å²) < 4.78 is 0.750. The lowest BCUT2D eigenvalue weighted by Gasteiger charge is -1.86. The first kappa shape index (κ1) is 12.4. The van der Waals surface area contributed by atoms with E-state index in [0.717, 1.165) is 10.3 Å². The van der Waals surface area contributed by atoms with Crippen LogP contribution < -0.4 is 0 Å². The Bertz CT molecular complexity index is 183. The van der Waals surface area contributed by atoms with Gasteiger partial charge in [0.15, 0.2) is 0 Å². The molecule has 0 spiro atoms. The minimum Gasteiger partial charge on any atom is -0.624 e. The zero-order valence-electron chi connectivity index (χ0n) is 7.46. The van der Waals surface area contributed by atoms with Crippen LogP contribution in [0.15, 0.2) is 11.6 Å². The van der Waals surface area contributed by atoms with Crippen LogP contribution in [0.5, 0.6) is 0 Å². The van der Waals surface area contributed by atoms with Gasteiger partial charge in [0.25, 0.3) is 0 Å². The van der Waals surface area contributed by atoms with Gasteiger partial charge in [0.05, 0.1) is 6.07 Å².